The predicted molar refractivity (Wildman–Crippen MR) is 74.5 cm³/mol. The summed E-state index contributed by atoms with van der Waals surface area (Å²) in [6, 6.07) is 10.6. The van der Waals surface area contributed by atoms with Crippen molar-refractivity contribution in [3.63, 3.8) is 0 Å². The minimum atomic E-state index is 0.178. The third kappa shape index (κ3) is 3.06. The van der Waals surface area contributed by atoms with Gasteiger partial charge in [0.05, 0.1) is 12.1 Å². The number of pyridine rings is 1. The van der Waals surface area contributed by atoms with E-state index >= 15 is 0 Å². The normalized spacial score (nSPS) is 12.8. The molecular formula is C15H20N2O. The number of aliphatic hydroxyl groups is 1. The van der Waals surface area contributed by atoms with Crippen molar-refractivity contribution in [3.8, 4) is 0 Å². The summed E-state index contributed by atoms with van der Waals surface area (Å²) < 4.78 is 0. The van der Waals surface area contributed by atoms with Crippen LogP contribution in [0.5, 0.6) is 0 Å². The van der Waals surface area contributed by atoms with Crippen molar-refractivity contribution in [1.29, 1.82) is 0 Å². The zero-order valence-corrected chi connectivity index (χ0v) is 11.0. The van der Waals surface area contributed by atoms with Gasteiger partial charge >= 0.3 is 0 Å². The van der Waals surface area contributed by atoms with Gasteiger partial charge in [0.2, 0.25) is 0 Å². The minimum absolute atomic E-state index is 0.178. The Bertz CT molecular complexity index is 521. The van der Waals surface area contributed by atoms with Crippen molar-refractivity contribution >= 4 is 10.9 Å². The number of rotatable bonds is 5. The van der Waals surface area contributed by atoms with E-state index in [4.69, 9.17) is 5.11 Å². The summed E-state index contributed by atoms with van der Waals surface area (Å²) in [5, 5.41) is 13.6. The largest absolute Gasteiger partial charge is 0.395 e. The topological polar surface area (TPSA) is 45.1 Å². The summed E-state index contributed by atoms with van der Waals surface area (Å²) in [5.41, 5.74) is 3.30. The average molecular weight is 244 g/mol. The van der Waals surface area contributed by atoms with Gasteiger partial charge in [-0.25, -0.2) is 0 Å². The van der Waals surface area contributed by atoms with E-state index in [0.717, 1.165) is 29.6 Å². The molecule has 0 unspecified atom stereocenters. The van der Waals surface area contributed by atoms with Crippen LogP contribution in [0.2, 0.25) is 0 Å². The number of aromatic nitrogens is 1. The number of aryl methyl sites for hydroxylation is 1. The van der Waals surface area contributed by atoms with Gasteiger partial charge in [0.25, 0.3) is 0 Å². The summed E-state index contributed by atoms with van der Waals surface area (Å²) in [6.07, 6.45) is 0.935. The molecule has 2 N–H and O–H groups in total. The van der Waals surface area contributed by atoms with E-state index < -0.39 is 0 Å². The molecule has 1 atom stereocenters. The van der Waals surface area contributed by atoms with Crippen LogP contribution in [0, 0.1) is 6.92 Å². The van der Waals surface area contributed by atoms with E-state index in [1.165, 1.54) is 5.56 Å². The summed E-state index contributed by atoms with van der Waals surface area (Å²) in [5.74, 6) is 0. The molecule has 0 aliphatic heterocycles. The van der Waals surface area contributed by atoms with Gasteiger partial charge in [0, 0.05) is 23.7 Å². The maximum absolute atomic E-state index is 9.13. The van der Waals surface area contributed by atoms with Gasteiger partial charge in [-0.05, 0) is 37.1 Å². The Balaban J connectivity index is 2.12. The summed E-state index contributed by atoms with van der Waals surface area (Å²) in [4.78, 5) is 4.48. The fourth-order valence-electron chi connectivity index (χ4n) is 1.99. The van der Waals surface area contributed by atoms with E-state index in [0.29, 0.717) is 0 Å². The van der Waals surface area contributed by atoms with Crippen molar-refractivity contribution in [2.45, 2.75) is 32.9 Å². The minimum Gasteiger partial charge on any atom is -0.395 e. The highest BCUT2D eigenvalue weighted by Crippen LogP contribution is 2.14. The maximum atomic E-state index is 9.13. The molecule has 2 rings (SSSR count). The molecule has 0 saturated heterocycles. The van der Waals surface area contributed by atoms with Gasteiger partial charge in [-0.3, -0.25) is 4.98 Å². The standard InChI is InChI=1S/C15H20N2O/c1-3-14(10-18)16-9-12-5-7-15-13(8-12)6-4-11(2)17-15/h4-8,14,16,18H,3,9-10H2,1-2H3/t14-/m0/s1. The smallest absolute Gasteiger partial charge is 0.0705 e. The van der Waals surface area contributed by atoms with Gasteiger partial charge in [-0.2, -0.15) is 0 Å². The van der Waals surface area contributed by atoms with E-state index in [2.05, 4.69) is 41.5 Å². The van der Waals surface area contributed by atoms with Crippen molar-refractivity contribution in [2.75, 3.05) is 6.61 Å². The Morgan fingerprint density at radius 1 is 1.28 bits per heavy atom. The molecule has 0 bridgehead atoms. The quantitative estimate of drug-likeness (QED) is 0.849. The molecule has 0 spiro atoms. The second kappa shape index (κ2) is 5.94. The lowest BCUT2D eigenvalue weighted by atomic mass is 10.1. The Labute approximate surface area is 108 Å². The molecule has 0 saturated carbocycles. The zero-order valence-electron chi connectivity index (χ0n) is 11.0. The molecule has 0 aliphatic carbocycles. The van der Waals surface area contributed by atoms with Crippen molar-refractivity contribution in [1.82, 2.24) is 10.3 Å². The average Bonchev–Trinajstić information content (AvgIpc) is 2.40. The number of nitrogens with zero attached hydrogens (tertiary/aromatic N) is 1. The van der Waals surface area contributed by atoms with Gasteiger partial charge < -0.3 is 10.4 Å². The van der Waals surface area contributed by atoms with Crippen LogP contribution in [0.3, 0.4) is 0 Å². The third-order valence-electron chi connectivity index (χ3n) is 3.20. The van der Waals surface area contributed by atoms with Gasteiger partial charge in [0.15, 0.2) is 0 Å². The molecule has 3 nitrogen and oxygen atoms in total. The molecule has 0 radical (unpaired) electrons. The lowest BCUT2D eigenvalue weighted by molar-refractivity contribution is 0.238. The second-order valence-corrected chi connectivity index (χ2v) is 4.65. The number of aliphatic hydroxyl groups excluding tert-OH is 1. The number of hydrogen-bond donors (Lipinski definition) is 2. The van der Waals surface area contributed by atoms with Crippen LogP contribution < -0.4 is 5.32 Å². The van der Waals surface area contributed by atoms with E-state index in [-0.39, 0.29) is 12.6 Å². The van der Waals surface area contributed by atoms with Gasteiger partial charge in [-0.15, -0.1) is 0 Å². The SMILES string of the molecule is CC[C@@H](CO)NCc1ccc2nc(C)ccc2c1. The molecule has 0 fully saturated rings. The molecule has 0 aliphatic rings. The summed E-state index contributed by atoms with van der Waals surface area (Å²) in [7, 11) is 0. The first kappa shape index (κ1) is 13.0. The van der Waals surface area contributed by atoms with Crippen LogP contribution in [0.4, 0.5) is 0 Å². The van der Waals surface area contributed by atoms with E-state index in [9.17, 15) is 0 Å². The molecule has 3 heteroatoms. The first-order chi connectivity index (χ1) is 8.72. The molecule has 1 heterocycles. The van der Waals surface area contributed by atoms with E-state index in [1.807, 2.05) is 13.0 Å². The van der Waals surface area contributed by atoms with Crippen molar-refractivity contribution in [2.24, 2.45) is 0 Å². The summed E-state index contributed by atoms with van der Waals surface area (Å²) in [6.45, 7) is 5.04. The fourth-order valence-corrected chi connectivity index (χ4v) is 1.99. The molecular weight excluding hydrogens is 224 g/mol. The molecule has 0 amide bonds. The molecule has 18 heavy (non-hydrogen) atoms. The number of benzene rings is 1. The van der Waals surface area contributed by atoms with Crippen LogP contribution in [-0.4, -0.2) is 22.7 Å². The van der Waals surface area contributed by atoms with Crippen LogP contribution in [0.1, 0.15) is 24.6 Å². The van der Waals surface area contributed by atoms with E-state index in [1.54, 1.807) is 0 Å². The molecule has 2 aromatic rings. The lowest BCUT2D eigenvalue weighted by Crippen LogP contribution is -2.31. The zero-order chi connectivity index (χ0) is 13.0. The Hall–Kier alpha value is -1.45. The van der Waals surface area contributed by atoms with Gasteiger partial charge in [-0.1, -0.05) is 19.1 Å². The fraction of sp³-hybridized carbons (Fsp3) is 0.400. The predicted octanol–water partition coefficient (Wildman–Crippen LogP) is 2.40. The number of fused-ring (bicyclic) bond motifs is 1. The van der Waals surface area contributed by atoms with Crippen molar-refractivity contribution in [3.05, 3.63) is 41.6 Å². The third-order valence-corrected chi connectivity index (χ3v) is 3.20. The monoisotopic (exact) mass is 244 g/mol. The van der Waals surface area contributed by atoms with Crippen LogP contribution >= 0.6 is 0 Å². The highest BCUT2D eigenvalue weighted by Gasteiger charge is 2.04. The summed E-state index contributed by atoms with van der Waals surface area (Å²) >= 11 is 0. The van der Waals surface area contributed by atoms with Crippen LogP contribution in [0.15, 0.2) is 30.3 Å². The Morgan fingerprint density at radius 2 is 2.11 bits per heavy atom. The molecule has 1 aromatic heterocycles. The Kier molecular flexibility index (Phi) is 4.28. The van der Waals surface area contributed by atoms with Crippen molar-refractivity contribution < 1.29 is 5.11 Å². The molecule has 1 aromatic carbocycles. The second-order valence-electron chi connectivity index (χ2n) is 4.65. The van der Waals surface area contributed by atoms with Gasteiger partial charge in [0.1, 0.15) is 0 Å². The highest BCUT2D eigenvalue weighted by molar-refractivity contribution is 5.79. The number of nitrogens with one attached hydrogen (secondary N) is 1. The first-order valence-electron chi connectivity index (χ1n) is 6.43. The van der Waals surface area contributed by atoms with Crippen LogP contribution in [0.25, 0.3) is 10.9 Å². The maximum Gasteiger partial charge on any atom is 0.0705 e. The first-order valence-corrected chi connectivity index (χ1v) is 6.43. The Morgan fingerprint density at radius 3 is 2.83 bits per heavy atom. The van der Waals surface area contributed by atoms with Crippen LogP contribution in [-0.2, 0) is 6.54 Å². The molecule has 96 valence electrons. The highest BCUT2D eigenvalue weighted by atomic mass is 16.3. The lowest BCUT2D eigenvalue weighted by Gasteiger charge is -2.14. The number of hydrogen-bond acceptors (Lipinski definition) is 3.